The van der Waals surface area contributed by atoms with Gasteiger partial charge in [-0.1, -0.05) is 12.1 Å². The zero-order valence-electron chi connectivity index (χ0n) is 15.1. The van der Waals surface area contributed by atoms with Crippen molar-refractivity contribution in [2.75, 3.05) is 26.3 Å². The second kappa shape index (κ2) is 7.15. The number of aromatic nitrogens is 2. The molecule has 2 fully saturated rings. The summed E-state index contributed by atoms with van der Waals surface area (Å²) in [5.41, 5.74) is 1.21. The van der Waals surface area contributed by atoms with Crippen molar-refractivity contribution in [3.63, 3.8) is 0 Å². The first kappa shape index (κ1) is 17.7. The van der Waals surface area contributed by atoms with Crippen molar-refractivity contribution < 1.29 is 19.4 Å². The number of carboxylic acids is 1. The van der Waals surface area contributed by atoms with Gasteiger partial charge in [-0.3, -0.25) is 14.3 Å². The first-order chi connectivity index (χ1) is 13.1. The number of aliphatic carboxylic acids is 1. The summed E-state index contributed by atoms with van der Waals surface area (Å²) in [6, 6.07) is 9.34. The molecule has 142 valence electrons. The maximum Gasteiger partial charge on any atom is 0.308 e. The highest BCUT2D eigenvalue weighted by atomic mass is 16.5. The van der Waals surface area contributed by atoms with E-state index < -0.39 is 11.9 Å². The lowest BCUT2D eigenvalue weighted by Gasteiger charge is -2.36. The second-order valence-electron chi connectivity index (χ2n) is 7.46. The van der Waals surface area contributed by atoms with E-state index in [0.29, 0.717) is 44.7 Å². The Kier molecular flexibility index (Phi) is 4.70. The summed E-state index contributed by atoms with van der Waals surface area (Å²) >= 11 is 0. The predicted molar refractivity (Wildman–Crippen MR) is 97.3 cm³/mol. The number of benzene rings is 1. The van der Waals surface area contributed by atoms with Gasteiger partial charge in [-0.2, -0.15) is 5.10 Å². The molecule has 1 aromatic heterocycles. The minimum absolute atomic E-state index is 0.105. The van der Waals surface area contributed by atoms with Crippen LogP contribution in [0.3, 0.4) is 0 Å². The standard InChI is InChI=1S/C20H23N3O4/c24-18(16-4-1-3-15(11-16)12-23-8-2-7-21-23)22-13-17(19(25)26)20(14-22)5-9-27-10-6-20/h1-4,7-8,11,17H,5-6,9-10,12-14H2,(H,25,26). The van der Waals surface area contributed by atoms with Gasteiger partial charge < -0.3 is 14.7 Å². The molecule has 7 heteroatoms. The third kappa shape index (κ3) is 3.47. The number of carbonyl (C=O) groups excluding carboxylic acids is 1. The fourth-order valence-electron chi connectivity index (χ4n) is 4.31. The van der Waals surface area contributed by atoms with Crippen LogP contribution in [0.1, 0.15) is 28.8 Å². The Morgan fingerprint density at radius 3 is 2.78 bits per heavy atom. The molecule has 7 nitrogen and oxygen atoms in total. The van der Waals surface area contributed by atoms with Crippen LogP contribution in [0.25, 0.3) is 0 Å². The quantitative estimate of drug-likeness (QED) is 0.890. The summed E-state index contributed by atoms with van der Waals surface area (Å²) in [7, 11) is 0. The van der Waals surface area contributed by atoms with E-state index in [1.54, 1.807) is 21.8 Å². The summed E-state index contributed by atoms with van der Waals surface area (Å²) in [5.74, 6) is -1.45. The second-order valence-corrected chi connectivity index (χ2v) is 7.46. The molecular weight excluding hydrogens is 346 g/mol. The van der Waals surface area contributed by atoms with E-state index in [0.717, 1.165) is 5.56 Å². The van der Waals surface area contributed by atoms with Crippen LogP contribution < -0.4 is 0 Å². The molecule has 2 aliphatic rings. The summed E-state index contributed by atoms with van der Waals surface area (Å²) < 4.78 is 7.23. The largest absolute Gasteiger partial charge is 0.481 e. The number of carboxylic acid groups (broad SMARTS) is 1. The first-order valence-corrected chi connectivity index (χ1v) is 9.24. The van der Waals surface area contributed by atoms with Gasteiger partial charge in [0, 0.05) is 49.7 Å². The molecule has 2 aliphatic heterocycles. The minimum atomic E-state index is -0.820. The van der Waals surface area contributed by atoms with Crippen LogP contribution in [0.2, 0.25) is 0 Å². The van der Waals surface area contributed by atoms with Crippen molar-refractivity contribution in [1.29, 1.82) is 0 Å². The molecule has 2 saturated heterocycles. The molecule has 0 bridgehead atoms. The lowest BCUT2D eigenvalue weighted by molar-refractivity contribution is -0.146. The normalized spacial score (nSPS) is 21.5. The maximum atomic E-state index is 13.1. The topological polar surface area (TPSA) is 84.7 Å². The maximum absolute atomic E-state index is 13.1. The van der Waals surface area contributed by atoms with Gasteiger partial charge in [0.1, 0.15) is 0 Å². The van der Waals surface area contributed by atoms with E-state index in [9.17, 15) is 14.7 Å². The summed E-state index contributed by atoms with van der Waals surface area (Å²) in [4.78, 5) is 26.6. The lowest BCUT2D eigenvalue weighted by atomic mass is 9.72. The minimum Gasteiger partial charge on any atom is -0.481 e. The summed E-state index contributed by atoms with van der Waals surface area (Å²) in [6.45, 7) is 2.45. The van der Waals surface area contributed by atoms with Crippen LogP contribution in [0, 0.1) is 11.3 Å². The fourth-order valence-corrected chi connectivity index (χ4v) is 4.31. The van der Waals surface area contributed by atoms with Gasteiger partial charge in [0.2, 0.25) is 0 Å². The molecule has 0 aliphatic carbocycles. The van der Waals surface area contributed by atoms with E-state index in [-0.39, 0.29) is 17.9 Å². The smallest absolute Gasteiger partial charge is 0.308 e. The van der Waals surface area contributed by atoms with Crippen molar-refractivity contribution in [3.8, 4) is 0 Å². The number of amides is 1. The highest BCUT2D eigenvalue weighted by Crippen LogP contribution is 2.44. The molecule has 1 unspecified atom stereocenters. The molecule has 1 atom stereocenters. The Morgan fingerprint density at radius 2 is 2.07 bits per heavy atom. The Hall–Kier alpha value is -2.67. The summed E-state index contributed by atoms with van der Waals surface area (Å²) in [6.07, 6.45) is 4.97. The number of likely N-dealkylation sites (tertiary alicyclic amines) is 1. The average molecular weight is 369 g/mol. The number of hydrogen-bond donors (Lipinski definition) is 1. The third-order valence-corrected chi connectivity index (χ3v) is 5.80. The number of rotatable bonds is 4. The summed E-state index contributed by atoms with van der Waals surface area (Å²) in [5, 5.41) is 13.9. The van der Waals surface area contributed by atoms with Crippen LogP contribution >= 0.6 is 0 Å². The van der Waals surface area contributed by atoms with Gasteiger partial charge in [0.15, 0.2) is 0 Å². The zero-order valence-corrected chi connectivity index (χ0v) is 15.1. The lowest BCUT2D eigenvalue weighted by Crippen LogP contribution is -2.40. The first-order valence-electron chi connectivity index (χ1n) is 9.24. The van der Waals surface area contributed by atoms with Gasteiger partial charge in [0.05, 0.1) is 12.5 Å². The highest BCUT2D eigenvalue weighted by Gasteiger charge is 2.52. The van der Waals surface area contributed by atoms with E-state index in [1.165, 1.54) is 0 Å². The van der Waals surface area contributed by atoms with Gasteiger partial charge in [-0.25, -0.2) is 0 Å². The van der Waals surface area contributed by atoms with Crippen LogP contribution in [0.5, 0.6) is 0 Å². The molecule has 4 rings (SSSR count). The molecular formula is C20H23N3O4. The predicted octanol–water partition coefficient (Wildman–Crippen LogP) is 1.88. The van der Waals surface area contributed by atoms with Gasteiger partial charge in [-0.05, 0) is 36.6 Å². The van der Waals surface area contributed by atoms with Crippen molar-refractivity contribution in [1.82, 2.24) is 14.7 Å². The van der Waals surface area contributed by atoms with E-state index in [2.05, 4.69) is 5.10 Å². The number of carbonyl (C=O) groups is 2. The third-order valence-electron chi connectivity index (χ3n) is 5.80. The SMILES string of the molecule is O=C(O)C1CN(C(=O)c2cccc(Cn3cccn3)c2)CC12CCOCC2. The molecule has 0 saturated carbocycles. The Labute approximate surface area is 157 Å². The number of hydrogen-bond acceptors (Lipinski definition) is 4. The van der Waals surface area contributed by atoms with Crippen LogP contribution in [-0.2, 0) is 16.1 Å². The Bertz CT molecular complexity index is 828. The van der Waals surface area contributed by atoms with Crippen LogP contribution in [-0.4, -0.2) is 58.0 Å². The fraction of sp³-hybridized carbons (Fsp3) is 0.450. The number of nitrogens with zero attached hydrogens (tertiary/aromatic N) is 3. The van der Waals surface area contributed by atoms with E-state index >= 15 is 0 Å². The molecule has 1 spiro atoms. The van der Waals surface area contributed by atoms with E-state index in [4.69, 9.17) is 4.74 Å². The average Bonchev–Trinajstić information content (AvgIpc) is 3.30. The molecule has 2 aromatic rings. The molecule has 1 N–H and O–H groups in total. The van der Waals surface area contributed by atoms with Crippen LogP contribution in [0.15, 0.2) is 42.7 Å². The molecule has 3 heterocycles. The van der Waals surface area contributed by atoms with Gasteiger partial charge in [-0.15, -0.1) is 0 Å². The Morgan fingerprint density at radius 1 is 1.26 bits per heavy atom. The molecule has 27 heavy (non-hydrogen) atoms. The van der Waals surface area contributed by atoms with Gasteiger partial charge in [0.25, 0.3) is 5.91 Å². The molecule has 0 radical (unpaired) electrons. The Balaban J connectivity index is 1.53. The zero-order chi connectivity index (χ0) is 18.9. The van der Waals surface area contributed by atoms with Crippen molar-refractivity contribution >= 4 is 11.9 Å². The van der Waals surface area contributed by atoms with Crippen molar-refractivity contribution in [2.45, 2.75) is 19.4 Å². The molecule has 1 amide bonds. The van der Waals surface area contributed by atoms with Gasteiger partial charge >= 0.3 is 5.97 Å². The van der Waals surface area contributed by atoms with Crippen molar-refractivity contribution in [3.05, 3.63) is 53.9 Å². The van der Waals surface area contributed by atoms with E-state index in [1.807, 2.05) is 30.5 Å². The van der Waals surface area contributed by atoms with Crippen molar-refractivity contribution in [2.24, 2.45) is 11.3 Å². The monoisotopic (exact) mass is 369 g/mol. The number of ether oxygens (including phenoxy) is 1. The van der Waals surface area contributed by atoms with Crippen LogP contribution in [0.4, 0.5) is 0 Å². The molecule has 1 aromatic carbocycles. The highest BCUT2D eigenvalue weighted by molar-refractivity contribution is 5.95.